The smallest absolute Gasteiger partial charge is 0.416 e. The van der Waals surface area contributed by atoms with Crippen molar-refractivity contribution in [2.24, 2.45) is 0 Å². The Labute approximate surface area is 252 Å². The third-order valence-electron chi connectivity index (χ3n) is 5.72. The van der Waals surface area contributed by atoms with E-state index >= 15 is 0 Å². The first-order valence-electron chi connectivity index (χ1n) is 12.0. The van der Waals surface area contributed by atoms with Crippen LogP contribution in [-0.4, -0.2) is 46.6 Å². The molecule has 0 saturated carbocycles. The lowest BCUT2D eigenvalue weighted by molar-refractivity contribution is -0.137. The molecule has 1 heterocycles. The zero-order valence-electron chi connectivity index (χ0n) is 22.0. The van der Waals surface area contributed by atoms with Crippen LogP contribution in [0, 0.1) is 0 Å². The van der Waals surface area contributed by atoms with Crippen LogP contribution in [0.1, 0.15) is 21.7 Å². The van der Waals surface area contributed by atoms with E-state index in [1.165, 1.54) is 20.3 Å². The van der Waals surface area contributed by atoms with Gasteiger partial charge in [-0.25, -0.2) is 0 Å². The van der Waals surface area contributed by atoms with Crippen LogP contribution in [-0.2, 0) is 17.5 Å². The van der Waals surface area contributed by atoms with Crippen LogP contribution in [0.2, 0.25) is 10.0 Å². The molecule has 4 rings (SSSR count). The molecule has 2 N–H and O–H groups in total. The molecule has 9 nitrogen and oxygen atoms in total. The maximum atomic E-state index is 13.1. The number of nitrogens with zero attached hydrogens (tertiary/aromatic N) is 3. The topological polar surface area (TPSA) is 107 Å². The van der Waals surface area contributed by atoms with Crippen LogP contribution in [0.15, 0.2) is 65.8 Å². The molecule has 15 heteroatoms. The number of anilines is 1. The van der Waals surface area contributed by atoms with Gasteiger partial charge < -0.3 is 20.1 Å². The number of amides is 2. The number of halogens is 5. The van der Waals surface area contributed by atoms with Gasteiger partial charge in [-0.05, 0) is 54.6 Å². The lowest BCUT2D eigenvalue weighted by Crippen LogP contribution is -2.24. The second-order valence-electron chi connectivity index (χ2n) is 8.50. The quantitative estimate of drug-likeness (QED) is 0.197. The van der Waals surface area contributed by atoms with Gasteiger partial charge in [0.15, 0.2) is 22.5 Å². The fourth-order valence-electron chi connectivity index (χ4n) is 3.74. The molecule has 2 amide bonds. The number of alkyl halides is 3. The monoisotopic (exact) mass is 639 g/mol. The second kappa shape index (κ2) is 13.4. The molecule has 3 aromatic carbocycles. The van der Waals surface area contributed by atoms with Gasteiger partial charge in [-0.15, -0.1) is 10.2 Å². The van der Waals surface area contributed by atoms with Gasteiger partial charge in [0.1, 0.15) is 0 Å². The maximum Gasteiger partial charge on any atom is 0.416 e. The minimum absolute atomic E-state index is 0.0424. The molecule has 0 aliphatic rings. The average Bonchev–Trinajstić information content (AvgIpc) is 3.37. The molecule has 42 heavy (non-hydrogen) atoms. The standard InChI is InChI=1S/C27H22Cl2F3N5O4S/c1-40-21-9-6-15(10-22(21)41-2)25(39)33-13-23-35-36-26(37(23)18-5-3-4-17(28)12-18)42-14-24(38)34-20-11-16(27(30,31)32)7-8-19(20)29/h3-12H,13-14H2,1-2H3,(H,33,39)(H,34,38). The van der Waals surface area contributed by atoms with E-state index in [1.54, 1.807) is 41.0 Å². The summed E-state index contributed by atoms with van der Waals surface area (Å²) in [5.41, 5.74) is -0.241. The van der Waals surface area contributed by atoms with E-state index < -0.39 is 23.6 Å². The number of methoxy groups -OCH3 is 2. The fourth-order valence-corrected chi connectivity index (χ4v) is 4.86. The average molecular weight is 640 g/mol. The second-order valence-corrected chi connectivity index (χ2v) is 10.3. The molecule has 1 aromatic heterocycles. The molecule has 0 saturated heterocycles. The Morgan fingerprint density at radius 2 is 1.74 bits per heavy atom. The number of aromatic nitrogens is 3. The van der Waals surface area contributed by atoms with Crippen LogP contribution < -0.4 is 20.1 Å². The Hall–Kier alpha value is -3.94. The summed E-state index contributed by atoms with van der Waals surface area (Å²) in [6.45, 7) is -0.0424. The lowest BCUT2D eigenvalue weighted by Gasteiger charge is -2.13. The molecular weight excluding hydrogens is 618 g/mol. The largest absolute Gasteiger partial charge is 0.493 e. The number of ether oxygens (including phenoxy) is 2. The molecule has 0 bridgehead atoms. The summed E-state index contributed by atoms with van der Waals surface area (Å²) >= 11 is 13.2. The van der Waals surface area contributed by atoms with Crippen molar-refractivity contribution >= 4 is 52.5 Å². The minimum Gasteiger partial charge on any atom is -0.493 e. The van der Waals surface area contributed by atoms with Gasteiger partial charge in [0.25, 0.3) is 5.91 Å². The highest BCUT2D eigenvalue weighted by Gasteiger charge is 2.31. The molecule has 0 aliphatic carbocycles. The van der Waals surface area contributed by atoms with Crippen LogP contribution in [0.5, 0.6) is 11.5 Å². The van der Waals surface area contributed by atoms with Crippen molar-refractivity contribution in [1.29, 1.82) is 0 Å². The molecule has 0 spiro atoms. The van der Waals surface area contributed by atoms with E-state index in [1.807, 2.05) is 0 Å². The molecule has 0 radical (unpaired) electrons. The van der Waals surface area contributed by atoms with Crippen LogP contribution in [0.4, 0.5) is 18.9 Å². The number of carbonyl (C=O) groups excluding carboxylic acids is 2. The first kappa shape index (κ1) is 31.0. The van der Waals surface area contributed by atoms with Crippen LogP contribution >= 0.6 is 35.0 Å². The van der Waals surface area contributed by atoms with Crippen molar-refractivity contribution < 1.29 is 32.2 Å². The first-order chi connectivity index (χ1) is 20.0. The molecule has 0 aliphatic heterocycles. The molecule has 0 unspecified atom stereocenters. The number of carbonyl (C=O) groups is 2. The van der Waals surface area contributed by atoms with E-state index in [-0.39, 0.29) is 28.2 Å². The van der Waals surface area contributed by atoms with Crippen molar-refractivity contribution in [3.63, 3.8) is 0 Å². The zero-order valence-corrected chi connectivity index (χ0v) is 24.3. The van der Waals surface area contributed by atoms with Gasteiger partial charge in [0, 0.05) is 10.6 Å². The van der Waals surface area contributed by atoms with E-state index in [4.69, 9.17) is 32.7 Å². The number of thioether (sulfide) groups is 1. The highest BCUT2D eigenvalue weighted by molar-refractivity contribution is 7.99. The number of benzene rings is 3. The first-order valence-corrected chi connectivity index (χ1v) is 13.7. The molecule has 0 atom stereocenters. The van der Waals surface area contributed by atoms with Gasteiger partial charge in [0.05, 0.1) is 48.5 Å². The highest BCUT2D eigenvalue weighted by Crippen LogP contribution is 2.34. The minimum atomic E-state index is -4.60. The van der Waals surface area contributed by atoms with Gasteiger partial charge in [-0.1, -0.05) is 41.0 Å². The van der Waals surface area contributed by atoms with Crippen molar-refractivity contribution in [3.8, 4) is 17.2 Å². The van der Waals surface area contributed by atoms with Gasteiger partial charge in [-0.2, -0.15) is 13.2 Å². The van der Waals surface area contributed by atoms with Crippen molar-refractivity contribution in [2.45, 2.75) is 17.9 Å². The number of hydrogen-bond donors (Lipinski definition) is 2. The van der Waals surface area contributed by atoms with Gasteiger partial charge in [-0.3, -0.25) is 14.2 Å². The van der Waals surface area contributed by atoms with Gasteiger partial charge in [0.2, 0.25) is 5.91 Å². The maximum absolute atomic E-state index is 13.1. The number of hydrogen-bond acceptors (Lipinski definition) is 7. The third kappa shape index (κ3) is 7.46. The van der Waals surface area contributed by atoms with Crippen LogP contribution in [0.25, 0.3) is 5.69 Å². The number of nitrogens with one attached hydrogen (secondary N) is 2. The Balaban J connectivity index is 1.52. The van der Waals surface area contributed by atoms with Crippen LogP contribution in [0.3, 0.4) is 0 Å². The summed E-state index contributed by atoms with van der Waals surface area (Å²) in [4.78, 5) is 25.5. The Morgan fingerprint density at radius 1 is 0.976 bits per heavy atom. The number of rotatable bonds is 10. The predicted octanol–water partition coefficient (Wildman–Crippen LogP) is 6.27. The SMILES string of the molecule is COc1ccc(C(=O)NCc2nnc(SCC(=O)Nc3cc(C(F)(F)F)ccc3Cl)n2-c2cccc(Cl)c2)cc1OC. The normalized spacial score (nSPS) is 11.2. The summed E-state index contributed by atoms with van der Waals surface area (Å²) < 4.78 is 51.3. The molecule has 0 fully saturated rings. The Bertz CT molecular complexity index is 1620. The molecular formula is C27H22Cl2F3N5O4S. The molecule has 4 aromatic rings. The summed E-state index contributed by atoms with van der Waals surface area (Å²) in [5.74, 6) is -0.0850. The summed E-state index contributed by atoms with van der Waals surface area (Å²) in [5, 5.41) is 14.2. The predicted molar refractivity (Wildman–Crippen MR) is 153 cm³/mol. The van der Waals surface area contributed by atoms with E-state index in [0.717, 1.165) is 30.0 Å². The molecule has 220 valence electrons. The zero-order chi connectivity index (χ0) is 30.4. The van der Waals surface area contributed by atoms with E-state index in [0.29, 0.717) is 33.6 Å². The summed E-state index contributed by atoms with van der Waals surface area (Å²) in [7, 11) is 2.95. The van der Waals surface area contributed by atoms with Crippen molar-refractivity contribution in [1.82, 2.24) is 20.1 Å². The lowest BCUT2D eigenvalue weighted by atomic mass is 10.2. The van der Waals surface area contributed by atoms with E-state index in [9.17, 15) is 22.8 Å². The Kier molecular flexibility index (Phi) is 9.86. The summed E-state index contributed by atoms with van der Waals surface area (Å²) in [6.07, 6.45) is -4.60. The van der Waals surface area contributed by atoms with Crippen molar-refractivity contribution in [2.75, 3.05) is 25.3 Å². The van der Waals surface area contributed by atoms with E-state index in [2.05, 4.69) is 20.8 Å². The fraction of sp³-hybridized carbons (Fsp3) is 0.185. The van der Waals surface area contributed by atoms with Gasteiger partial charge >= 0.3 is 6.18 Å². The highest BCUT2D eigenvalue weighted by atomic mass is 35.5. The third-order valence-corrected chi connectivity index (χ3v) is 7.21. The van der Waals surface area contributed by atoms with Crippen molar-refractivity contribution in [3.05, 3.63) is 87.7 Å². The Morgan fingerprint density at radius 3 is 2.43 bits per heavy atom. The summed E-state index contributed by atoms with van der Waals surface area (Å²) in [6, 6.07) is 14.1.